The summed E-state index contributed by atoms with van der Waals surface area (Å²) in [5, 5.41) is 4.81. The molecule has 8 heteroatoms. The molecule has 0 unspecified atom stereocenters. The summed E-state index contributed by atoms with van der Waals surface area (Å²) in [4.78, 5) is 36.6. The normalized spacial score (nSPS) is 21.0. The number of carbonyl (C=O) groups excluding carboxylic acids is 3. The second-order valence-electron chi connectivity index (χ2n) is 5.02. The maximum Gasteiger partial charge on any atom is 0.325 e. The van der Waals surface area contributed by atoms with Gasteiger partial charge in [0.15, 0.2) is 0 Å². The third kappa shape index (κ3) is 2.63. The van der Waals surface area contributed by atoms with Crippen molar-refractivity contribution in [2.45, 2.75) is 19.4 Å². The molecule has 4 amide bonds. The Balaban J connectivity index is 2.31. The van der Waals surface area contributed by atoms with Crippen molar-refractivity contribution < 1.29 is 23.2 Å². The molecule has 1 saturated heterocycles. The number of nitrogens with one attached hydrogen (secondary N) is 2. The highest BCUT2D eigenvalue weighted by atomic mass is 19.1. The number of hydrogen-bond acceptors (Lipinski definition) is 3. The van der Waals surface area contributed by atoms with Gasteiger partial charge in [0, 0.05) is 18.2 Å². The van der Waals surface area contributed by atoms with Crippen LogP contribution < -0.4 is 10.6 Å². The summed E-state index contributed by atoms with van der Waals surface area (Å²) >= 11 is 0. The van der Waals surface area contributed by atoms with Crippen molar-refractivity contribution in [1.29, 1.82) is 0 Å². The Kier molecular flexibility index (Phi) is 4.11. The SMILES string of the molecule is CCNC(=O)CN1C(=O)N[C@@](C)(c2ccc(F)cc2F)C1=O. The zero-order chi connectivity index (χ0) is 16.5. The highest BCUT2D eigenvalue weighted by molar-refractivity contribution is 6.09. The fourth-order valence-corrected chi connectivity index (χ4v) is 2.31. The Morgan fingerprint density at radius 3 is 2.64 bits per heavy atom. The van der Waals surface area contributed by atoms with Gasteiger partial charge in [0.1, 0.15) is 23.7 Å². The molecule has 1 aliphatic heterocycles. The van der Waals surface area contributed by atoms with Crippen LogP contribution >= 0.6 is 0 Å². The molecule has 0 spiro atoms. The summed E-state index contributed by atoms with van der Waals surface area (Å²) in [7, 11) is 0. The molecular weight excluding hydrogens is 296 g/mol. The quantitative estimate of drug-likeness (QED) is 0.810. The molecular formula is C14H15F2N3O3. The Labute approximate surface area is 125 Å². The van der Waals surface area contributed by atoms with Crippen LogP contribution in [0.15, 0.2) is 18.2 Å². The van der Waals surface area contributed by atoms with Crippen LogP contribution in [0.2, 0.25) is 0 Å². The van der Waals surface area contributed by atoms with E-state index < -0.39 is 41.6 Å². The first-order valence-corrected chi connectivity index (χ1v) is 6.66. The lowest BCUT2D eigenvalue weighted by Crippen LogP contribution is -2.43. The predicted octanol–water partition coefficient (Wildman–Crippen LogP) is 0.868. The van der Waals surface area contributed by atoms with E-state index >= 15 is 0 Å². The van der Waals surface area contributed by atoms with Gasteiger partial charge in [-0.1, -0.05) is 6.07 Å². The van der Waals surface area contributed by atoms with Crippen molar-refractivity contribution in [3.05, 3.63) is 35.4 Å². The maximum absolute atomic E-state index is 13.9. The highest BCUT2D eigenvalue weighted by Crippen LogP contribution is 2.30. The van der Waals surface area contributed by atoms with E-state index in [1.165, 1.54) is 6.92 Å². The second kappa shape index (κ2) is 5.70. The van der Waals surface area contributed by atoms with Crippen LogP contribution in [-0.4, -0.2) is 35.8 Å². The molecule has 6 nitrogen and oxygen atoms in total. The standard InChI is InChI=1S/C14H15F2N3O3/c1-3-17-11(20)7-19-12(21)14(2,18-13(19)22)9-5-4-8(15)6-10(9)16/h4-6H,3,7H2,1-2H3,(H,17,20)(H,18,22)/t14-/m0/s1. The number of rotatable bonds is 4. The molecule has 0 bridgehead atoms. The Morgan fingerprint density at radius 2 is 2.05 bits per heavy atom. The smallest absolute Gasteiger partial charge is 0.325 e. The molecule has 1 fully saturated rings. The summed E-state index contributed by atoms with van der Waals surface area (Å²) in [5.41, 5.74) is -1.84. The van der Waals surface area contributed by atoms with Gasteiger partial charge >= 0.3 is 6.03 Å². The molecule has 0 saturated carbocycles. The number of imide groups is 1. The minimum Gasteiger partial charge on any atom is -0.355 e. The van der Waals surface area contributed by atoms with Gasteiger partial charge < -0.3 is 10.6 Å². The van der Waals surface area contributed by atoms with Gasteiger partial charge in [-0.05, 0) is 19.9 Å². The topological polar surface area (TPSA) is 78.5 Å². The summed E-state index contributed by atoms with van der Waals surface area (Å²) in [5.74, 6) is -3.01. The predicted molar refractivity (Wildman–Crippen MR) is 72.6 cm³/mol. The minimum absolute atomic E-state index is 0.161. The number of nitrogens with zero attached hydrogens (tertiary/aromatic N) is 1. The molecule has 0 radical (unpaired) electrons. The maximum atomic E-state index is 13.9. The summed E-state index contributed by atoms with van der Waals surface area (Å²) in [6.07, 6.45) is 0. The molecule has 22 heavy (non-hydrogen) atoms. The molecule has 1 aliphatic rings. The second-order valence-corrected chi connectivity index (χ2v) is 5.02. The first-order chi connectivity index (χ1) is 10.3. The average molecular weight is 311 g/mol. The van der Waals surface area contributed by atoms with Crippen LogP contribution in [0.25, 0.3) is 0 Å². The monoisotopic (exact) mass is 311 g/mol. The van der Waals surface area contributed by atoms with Gasteiger partial charge in [-0.3, -0.25) is 14.5 Å². The molecule has 0 aliphatic carbocycles. The van der Waals surface area contributed by atoms with Gasteiger partial charge in [0.05, 0.1) is 0 Å². The fourth-order valence-electron chi connectivity index (χ4n) is 2.31. The Bertz CT molecular complexity index is 650. The van der Waals surface area contributed by atoms with Crippen LogP contribution in [0, 0.1) is 11.6 Å². The van der Waals surface area contributed by atoms with Crippen molar-refractivity contribution >= 4 is 17.8 Å². The zero-order valence-corrected chi connectivity index (χ0v) is 12.1. The fraction of sp³-hybridized carbons (Fsp3) is 0.357. The van der Waals surface area contributed by atoms with E-state index in [4.69, 9.17) is 0 Å². The summed E-state index contributed by atoms with van der Waals surface area (Å²) < 4.78 is 26.9. The number of amides is 4. The molecule has 1 aromatic rings. The molecule has 118 valence electrons. The van der Waals surface area contributed by atoms with Crippen LogP contribution in [-0.2, 0) is 15.1 Å². The van der Waals surface area contributed by atoms with Crippen LogP contribution in [0.5, 0.6) is 0 Å². The van der Waals surface area contributed by atoms with Crippen LogP contribution in [0.3, 0.4) is 0 Å². The van der Waals surface area contributed by atoms with Crippen molar-refractivity contribution in [3.8, 4) is 0 Å². The number of carbonyl (C=O) groups is 3. The van der Waals surface area contributed by atoms with Gasteiger partial charge in [-0.25, -0.2) is 13.6 Å². The van der Waals surface area contributed by atoms with E-state index in [0.29, 0.717) is 17.5 Å². The van der Waals surface area contributed by atoms with E-state index in [2.05, 4.69) is 10.6 Å². The van der Waals surface area contributed by atoms with Gasteiger partial charge in [0.25, 0.3) is 5.91 Å². The number of urea groups is 1. The third-order valence-electron chi connectivity index (χ3n) is 3.42. The largest absolute Gasteiger partial charge is 0.355 e. The molecule has 1 heterocycles. The van der Waals surface area contributed by atoms with E-state index in [1.54, 1.807) is 6.92 Å². The lowest BCUT2D eigenvalue weighted by atomic mass is 9.91. The molecule has 2 N–H and O–H groups in total. The number of benzene rings is 1. The van der Waals surface area contributed by atoms with E-state index in [-0.39, 0.29) is 5.56 Å². The number of hydrogen-bond donors (Lipinski definition) is 2. The van der Waals surface area contributed by atoms with E-state index in [9.17, 15) is 23.2 Å². The molecule has 1 aromatic carbocycles. The van der Waals surface area contributed by atoms with Crippen molar-refractivity contribution in [3.63, 3.8) is 0 Å². The Morgan fingerprint density at radius 1 is 1.36 bits per heavy atom. The number of halogens is 2. The first kappa shape index (κ1) is 15.9. The lowest BCUT2D eigenvalue weighted by molar-refractivity contribution is -0.134. The lowest BCUT2D eigenvalue weighted by Gasteiger charge is -2.22. The minimum atomic E-state index is -1.68. The summed E-state index contributed by atoms with van der Waals surface area (Å²) in [6.45, 7) is 2.90. The molecule has 2 rings (SSSR count). The first-order valence-electron chi connectivity index (χ1n) is 6.66. The van der Waals surface area contributed by atoms with E-state index in [1.807, 2.05) is 0 Å². The van der Waals surface area contributed by atoms with Crippen molar-refractivity contribution in [2.24, 2.45) is 0 Å². The van der Waals surface area contributed by atoms with Crippen LogP contribution in [0.4, 0.5) is 13.6 Å². The Hall–Kier alpha value is -2.51. The van der Waals surface area contributed by atoms with Crippen molar-refractivity contribution in [1.82, 2.24) is 15.5 Å². The molecule has 1 atom stereocenters. The van der Waals surface area contributed by atoms with Crippen molar-refractivity contribution in [2.75, 3.05) is 13.1 Å². The van der Waals surface area contributed by atoms with E-state index in [0.717, 1.165) is 12.1 Å². The highest BCUT2D eigenvalue weighted by Gasteiger charge is 2.50. The van der Waals surface area contributed by atoms with Gasteiger partial charge in [0.2, 0.25) is 5.91 Å². The molecule has 0 aromatic heterocycles. The summed E-state index contributed by atoms with van der Waals surface area (Å²) in [6, 6.07) is 1.92. The number of likely N-dealkylation sites (N-methyl/N-ethyl adjacent to an activating group) is 1. The average Bonchev–Trinajstić information content (AvgIpc) is 2.63. The third-order valence-corrected chi connectivity index (χ3v) is 3.42. The van der Waals surface area contributed by atoms with Gasteiger partial charge in [-0.2, -0.15) is 0 Å². The van der Waals surface area contributed by atoms with Crippen LogP contribution in [0.1, 0.15) is 19.4 Å². The van der Waals surface area contributed by atoms with Gasteiger partial charge in [-0.15, -0.1) is 0 Å². The zero-order valence-electron chi connectivity index (χ0n) is 12.1.